The topological polar surface area (TPSA) is 147 Å². The Morgan fingerprint density at radius 3 is 2.42 bits per heavy atom. The van der Waals surface area contributed by atoms with Gasteiger partial charge in [0.05, 0.1) is 41.2 Å². The molecule has 2 aromatic carbocycles. The van der Waals surface area contributed by atoms with Crippen molar-refractivity contribution in [2.45, 2.75) is 29.5 Å². The van der Waals surface area contributed by atoms with Crippen molar-refractivity contribution in [2.24, 2.45) is 0 Å². The van der Waals surface area contributed by atoms with E-state index in [9.17, 15) is 17.4 Å². The lowest BCUT2D eigenvalue weighted by Gasteiger charge is -2.14. The zero-order chi connectivity index (χ0) is 27.6. The molecule has 1 unspecified atom stereocenters. The molecule has 0 radical (unpaired) electrons. The van der Waals surface area contributed by atoms with E-state index in [1.165, 1.54) is 38.5 Å². The molecular formula is C25H25N3O8S2. The van der Waals surface area contributed by atoms with Crippen molar-refractivity contribution in [3.63, 3.8) is 0 Å². The number of benzene rings is 2. The Morgan fingerprint density at radius 2 is 1.79 bits per heavy atom. The Labute approximate surface area is 221 Å². The molecule has 0 aliphatic rings. The Bertz CT molecular complexity index is 1650. The molecule has 0 bridgehead atoms. The molecule has 0 spiro atoms. The Kier molecular flexibility index (Phi) is 7.69. The van der Waals surface area contributed by atoms with Crippen LogP contribution in [0.25, 0.3) is 11.0 Å². The molecule has 4 rings (SSSR count). The Morgan fingerprint density at radius 1 is 1.08 bits per heavy atom. The van der Waals surface area contributed by atoms with E-state index >= 15 is 0 Å². The summed E-state index contributed by atoms with van der Waals surface area (Å²) in [6.45, 7) is 2.99. The van der Waals surface area contributed by atoms with E-state index in [2.05, 4.69) is 9.97 Å². The molecule has 2 heterocycles. The highest BCUT2D eigenvalue weighted by atomic mass is 32.2. The maximum absolute atomic E-state index is 13.9. The highest BCUT2D eigenvalue weighted by molar-refractivity contribution is 7.90. The van der Waals surface area contributed by atoms with Gasteiger partial charge in [0, 0.05) is 17.3 Å². The summed E-state index contributed by atoms with van der Waals surface area (Å²) in [6.07, 6.45) is 1.55. The van der Waals surface area contributed by atoms with Gasteiger partial charge in [0.2, 0.25) is 0 Å². The number of carboxylic acids is 1. The van der Waals surface area contributed by atoms with Crippen LogP contribution in [0.2, 0.25) is 0 Å². The number of aliphatic carboxylic acids is 1. The second-order valence-corrected chi connectivity index (χ2v) is 11.3. The molecule has 0 fully saturated rings. The summed E-state index contributed by atoms with van der Waals surface area (Å²) in [6, 6.07) is 10.2. The van der Waals surface area contributed by atoms with E-state index in [-0.39, 0.29) is 38.5 Å². The number of ether oxygens (including phenoxy) is 3. The highest BCUT2D eigenvalue weighted by Gasteiger charge is 2.28. The summed E-state index contributed by atoms with van der Waals surface area (Å²) in [5.74, 6) is -0.381. The lowest BCUT2D eigenvalue weighted by molar-refractivity contribution is -0.139. The number of hydrogen-bond acceptors (Lipinski definition) is 9. The molecule has 0 saturated carbocycles. The molecule has 11 nitrogen and oxygen atoms in total. The zero-order valence-electron chi connectivity index (χ0n) is 21.0. The molecule has 0 saturated heterocycles. The minimum absolute atomic E-state index is 0.0229. The predicted octanol–water partition coefficient (Wildman–Crippen LogP) is 3.07. The molecule has 0 aliphatic heterocycles. The fourth-order valence-corrected chi connectivity index (χ4v) is 6.77. The average Bonchev–Trinajstić information content (AvgIpc) is 3.26. The van der Waals surface area contributed by atoms with E-state index in [0.717, 1.165) is 9.54 Å². The van der Waals surface area contributed by atoms with Crippen LogP contribution in [0.3, 0.4) is 0 Å². The maximum atomic E-state index is 13.9. The number of carboxylic acid groups (broad SMARTS) is 1. The quantitative estimate of drug-likeness (QED) is 0.307. The molecule has 4 aromatic rings. The number of para-hydroxylation sites is 1. The van der Waals surface area contributed by atoms with Crippen LogP contribution in [0.15, 0.2) is 58.6 Å². The summed E-state index contributed by atoms with van der Waals surface area (Å²) < 4.78 is 58.3. The average molecular weight is 560 g/mol. The molecule has 0 aliphatic carbocycles. The van der Waals surface area contributed by atoms with Gasteiger partial charge in [0.25, 0.3) is 10.0 Å². The lowest BCUT2D eigenvalue weighted by atomic mass is 10.2. The van der Waals surface area contributed by atoms with Crippen molar-refractivity contribution in [1.82, 2.24) is 13.9 Å². The van der Waals surface area contributed by atoms with E-state index in [1.54, 1.807) is 31.3 Å². The lowest BCUT2D eigenvalue weighted by Crippen LogP contribution is -2.18. The van der Waals surface area contributed by atoms with Crippen LogP contribution in [0.5, 0.6) is 17.2 Å². The maximum Gasteiger partial charge on any atom is 0.341 e. The largest absolute Gasteiger partial charge is 0.496 e. The minimum Gasteiger partial charge on any atom is -0.496 e. The summed E-state index contributed by atoms with van der Waals surface area (Å²) in [7, 11) is -3.11. The van der Waals surface area contributed by atoms with Gasteiger partial charge in [0.15, 0.2) is 6.61 Å². The van der Waals surface area contributed by atoms with Crippen LogP contribution in [0.1, 0.15) is 17.0 Å². The van der Waals surface area contributed by atoms with Crippen LogP contribution in [-0.2, 0) is 31.4 Å². The third-order valence-corrected chi connectivity index (χ3v) is 8.79. The Balaban J connectivity index is 1.83. The third-order valence-electron chi connectivity index (χ3n) is 5.68. The van der Waals surface area contributed by atoms with Gasteiger partial charge in [-0.25, -0.2) is 27.2 Å². The van der Waals surface area contributed by atoms with Gasteiger partial charge in [-0.2, -0.15) is 0 Å². The standard InChI is InChI=1S/C25H25N3O8S2/c1-15-12-26-25(16(2)24(15)35-4)37(31)14-21-27-19-6-5-7-20(34-3)23(19)28(21)38(32,33)18-10-8-17(9-11-18)36-13-22(29)30/h5-12H,13-14H2,1-4H3,(H,29,30). The molecule has 0 amide bonds. The van der Waals surface area contributed by atoms with Crippen LogP contribution in [0, 0.1) is 13.8 Å². The van der Waals surface area contributed by atoms with Gasteiger partial charge in [-0.15, -0.1) is 0 Å². The van der Waals surface area contributed by atoms with E-state index in [4.69, 9.17) is 19.3 Å². The van der Waals surface area contributed by atoms with E-state index in [0.29, 0.717) is 16.8 Å². The van der Waals surface area contributed by atoms with Gasteiger partial charge in [-0.05, 0) is 50.2 Å². The molecule has 38 heavy (non-hydrogen) atoms. The summed E-state index contributed by atoms with van der Waals surface area (Å²) in [5.41, 5.74) is 1.90. The summed E-state index contributed by atoms with van der Waals surface area (Å²) in [5, 5.41) is 9.06. The number of methoxy groups -OCH3 is 2. The first kappa shape index (κ1) is 27.1. The number of rotatable bonds is 10. The normalized spacial score (nSPS) is 12.3. The van der Waals surface area contributed by atoms with E-state index in [1.807, 2.05) is 6.92 Å². The van der Waals surface area contributed by atoms with Crippen molar-refractivity contribution >= 4 is 37.8 Å². The number of pyridine rings is 1. The first-order chi connectivity index (χ1) is 18.1. The molecule has 2 aromatic heterocycles. The second kappa shape index (κ2) is 10.8. The van der Waals surface area contributed by atoms with Gasteiger partial charge < -0.3 is 19.3 Å². The van der Waals surface area contributed by atoms with Crippen molar-refractivity contribution < 1.29 is 36.7 Å². The van der Waals surface area contributed by atoms with Crippen LogP contribution in [-0.4, -0.2) is 58.5 Å². The number of nitrogens with zero attached hydrogens (tertiary/aromatic N) is 3. The smallest absolute Gasteiger partial charge is 0.341 e. The highest BCUT2D eigenvalue weighted by Crippen LogP contribution is 2.33. The Hall–Kier alpha value is -3.97. The summed E-state index contributed by atoms with van der Waals surface area (Å²) in [4.78, 5) is 19.5. The van der Waals surface area contributed by atoms with Gasteiger partial charge in [0.1, 0.15) is 33.6 Å². The first-order valence-electron chi connectivity index (χ1n) is 11.2. The van der Waals surface area contributed by atoms with Crippen LogP contribution < -0.4 is 14.2 Å². The third kappa shape index (κ3) is 5.07. The predicted molar refractivity (Wildman–Crippen MR) is 139 cm³/mol. The van der Waals surface area contributed by atoms with Gasteiger partial charge >= 0.3 is 5.97 Å². The number of imidazole rings is 1. The number of aromatic nitrogens is 3. The first-order valence-corrected chi connectivity index (χ1v) is 14.0. The van der Waals surface area contributed by atoms with Crippen LogP contribution >= 0.6 is 0 Å². The molecule has 13 heteroatoms. The number of fused-ring (bicyclic) bond motifs is 1. The monoisotopic (exact) mass is 559 g/mol. The number of aryl methyl sites for hydroxylation is 1. The number of hydrogen-bond donors (Lipinski definition) is 1. The van der Waals surface area contributed by atoms with Crippen molar-refractivity contribution in [1.29, 1.82) is 0 Å². The van der Waals surface area contributed by atoms with Gasteiger partial charge in [-0.3, -0.25) is 4.21 Å². The van der Waals surface area contributed by atoms with Crippen molar-refractivity contribution in [3.8, 4) is 17.2 Å². The van der Waals surface area contributed by atoms with Gasteiger partial charge in [-0.1, -0.05) is 6.07 Å². The van der Waals surface area contributed by atoms with E-state index < -0.39 is 33.4 Å². The fraction of sp³-hybridized carbons (Fsp3) is 0.240. The number of carbonyl (C=O) groups is 1. The minimum atomic E-state index is -4.27. The summed E-state index contributed by atoms with van der Waals surface area (Å²) >= 11 is 0. The molecule has 1 atom stereocenters. The molecular weight excluding hydrogens is 534 g/mol. The second-order valence-electron chi connectivity index (χ2n) is 8.17. The molecule has 1 N–H and O–H groups in total. The molecule has 200 valence electrons. The van der Waals surface area contributed by atoms with Crippen LogP contribution in [0.4, 0.5) is 0 Å². The fourth-order valence-electron chi connectivity index (χ4n) is 4.02. The van der Waals surface area contributed by atoms with Crippen molar-refractivity contribution in [3.05, 3.63) is 65.6 Å². The van der Waals surface area contributed by atoms with Crippen molar-refractivity contribution in [2.75, 3.05) is 20.8 Å². The zero-order valence-corrected chi connectivity index (χ0v) is 22.6. The SMILES string of the molecule is COc1c(C)cnc(S(=O)Cc2nc3cccc(OC)c3n2S(=O)(=O)c2ccc(OCC(=O)O)cc2)c1C.